The highest BCUT2D eigenvalue weighted by atomic mass is 32.1. The van der Waals surface area contributed by atoms with Crippen LogP contribution in [0, 0.1) is 0 Å². The summed E-state index contributed by atoms with van der Waals surface area (Å²) in [6, 6.07) is 7.16. The maximum atomic E-state index is 12.1. The van der Waals surface area contributed by atoms with Crippen molar-refractivity contribution in [1.29, 1.82) is 0 Å². The predicted octanol–water partition coefficient (Wildman–Crippen LogP) is 3.76. The molecule has 100 valence electrons. The van der Waals surface area contributed by atoms with Gasteiger partial charge in [-0.05, 0) is 47.9 Å². The maximum absolute atomic E-state index is 12.1. The van der Waals surface area contributed by atoms with Gasteiger partial charge in [0.05, 0.1) is 11.1 Å². The first-order valence-electron chi connectivity index (χ1n) is 6.17. The van der Waals surface area contributed by atoms with Crippen molar-refractivity contribution in [1.82, 2.24) is 0 Å². The largest absolute Gasteiger partial charge is 0.506 e. The van der Waals surface area contributed by atoms with Crippen LogP contribution >= 0.6 is 11.3 Å². The quantitative estimate of drug-likeness (QED) is 0.689. The van der Waals surface area contributed by atoms with Gasteiger partial charge >= 0.3 is 0 Å². The number of fused-ring (bicyclic) bond motifs is 1. The van der Waals surface area contributed by atoms with Crippen LogP contribution < -0.4 is 4.74 Å². The van der Waals surface area contributed by atoms with Gasteiger partial charge in [0, 0.05) is 4.88 Å². The third kappa shape index (κ3) is 2.38. The fourth-order valence-electron chi connectivity index (χ4n) is 2.01. The number of carbonyl (C=O) groups is 1. The first-order valence-corrected chi connectivity index (χ1v) is 7.05. The Morgan fingerprint density at radius 1 is 1.35 bits per heavy atom. The van der Waals surface area contributed by atoms with Crippen molar-refractivity contribution >= 4 is 29.3 Å². The van der Waals surface area contributed by atoms with Crippen molar-refractivity contribution in [2.75, 3.05) is 6.61 Å². The number of rotatable bonds is 3. The second-order valence-corrected chi connectivity index (χ2v) is 5.28. The molecule has 3 rings (SSSR count). The summed E-state index contributed by atoms with van der Waals surface area (Å²) in [6.45, 7) is 0.484. The number of hydrogen-bond donors (Lipinski definition) is 1. The molecule has 0 amide bonds. The average Bonchev–Trinajstić information content (AvgIpc) is 2.99. The molecule has 0 fully saturated rings. The van der Waals surface area contributed by atoms with Gasteiger partial charge in [0.2, 0.25) is 0 Å². The summed E-state index contributed by atoms with van der Waals surface area (Å²) in [7, 11) is 0. The summed E-state index contributed by atoms with van der Waals surface area (Å²) >= 11 is 1.55. The third-order valence-electron chi connectivity index (χ3n) is 3.00. The fraction of sp³-hybridized carbons (Fsp3) is 0.0625. The van der Waals surface area contributed by atoms with Crippen LogP contribution in [-0.4, -0.2) is 17.5 Å². The SMILES string of the molecule is O=C(/C=C/c1cccs1)c1ccc2c(c1O)C=CCO2. The van der Waals surface area contributed by atoms with E-state index in [-0.39, 0.29) is 17.1 Å². The van der Waals surface area contributed by atoms with Gasteiger partial charge in [-0.25, -0.2) is 0 Å². The number of phenolic OH excluding ortho intramolecular Hbond substituents is 1. The second kappa shape index (κ2) is 5.35. The van der Waals surface area contributed by atoms with Crippen LogP contribution in [0.1, 0.15) is 20.8 Å². The Kier molecular flexibility index (Phi) is 3.39. The summed E-state index contributed by atoms with van der Waals surface area (Å²) in [4.78, 5) is 13.1. The van der Waals surface area contributed by atoms with E-state index in [0.717, 1.165) is 4.88 Å². The fourth-order valence-corrected chi connectivity index (χ4v) is 2.63. The molecule has 0 bridgehead atoms. The zero-order valence-electron chi connectivity index (χ0n) is 10.6. The maximum Gasteiger partial charge on any atom is 0.189 e. The number of ether oxygens (including phenoxy) is 1. The highest BCUT2D eigenvalue weighted by Crippen LogP contribution is 2.34. The molecule has 2 aromatic rings. The molecule has 4 heteroatoms. The molecule has 2 heterocycles. The van der Waals surface area contributed by atoms with E-state index < -0.39 is 0 Å². The topological polar surface area (TPSA) is 46.5 Å². The number of ketones is 1. The molecule has 0 atom stereocenters. The standard InChI is InChI=1S/C16H12O3S/c17-14(7-5-11-3-2-10-20-11)12-6-8-15-13(16(12)18)4-1-9-19-15/h1-8,10,18H,9H2/b7-5+. The van der Waals surface area contributed by atoms with E-state index in [1.54, 1.807) is 41.7 Å². The van der Waals surface area contributed by atoms with Gasteiger partial charge in [-0.15, -0.1) is 11.3 Å². The summed E-state index contributed by atoms with van der Waals surface area (Å²) in [5, 5.41) is 12.1. The van der Waals surface area contributed by atoms with Gasteiger partial charge < -0.3 is 9.84 Å². The lowest BCUT2D eigenvalue weighted by Crippen LogP contribution is -2.03. The first-order chi connectivity index (χ1) is 9.75. The molecule has 0 saturated heterocycles. The number of aromatic hydroxyl groups is 1. The number of hydrogen-bond acceptors (Lipinski definition) is 4. The number of benzene rings is 1. The predicted molar refractivity (Wildman–Crippen MR) is 80.3 cm³/mol. The van der Waals surface area contributed by atoms with E-state index >= 15 is 0 Å². The molecular weight excluding hydrogens is 272 g/mol. The van der Waals surface area contributed by atoms with E-state index in [1.165, 1.54) is 6.08 Å². The van der Waals surface area contributed by atoms with E-state index in [2.05, 4.69) is 0 Å². The molecule has 0 aliphatic carbocycles. The normalized spacial score (nSPS) is 13.2. The Morgan fingerprint density at radius 3 is 3.05 bits per heavy atom. The lowest BCUT2D eigenvalue weighted by molar-refractivity contribution is 0.104. The molecule has 1 aliphatic rings. The van der Waals surface area contributed by atoms with Crippen molar-refractivity contribution < 1.29 is 14.6 Å². The van der Waals surface area contributed by atoms with Crippen molar-refractivity contribution in [3.05, 3.63) is 57.8 Å². The molecule has 1 aromatic carbocycles. The van der Waals surface area contributed by atoms with Crippen LogP contribution in [-0.2, 0) is 0 Å². The lowest BCUT2D eigenvalue weighted by Gasteiger charge is -2.14. The Bertz CT molecular complexity index is 697. The van der Waals surface area contributed by atoms with Crippen molar-refractivity contribution in [3.63, 3.8) is 0 Å². The molecule has 0 unspecified atom stereocenters. The number of phenols is 1. The van der Waals surface area contributed by atoms with Crippen LogP contribution in [0.5, 0.6) is 11.5 Å². The number of allylic oxidation sites excluding steroid dienone is 1. The van der Waals surface area contributed by atoms with Gasteiger partial charge in [0.15, 0.2) is 5.78 Å². The summed E-state index contributed by atoms with van der Waals surface area (Å²) < 4.78 is 5.38. The summed E-state index contributed by atoms with van der Waals surface area (Å²) in [6.07, 6.45) is 6.80. The smallest absolute Gasteiger partial charge is 0.189 e. The average molecular weight is 284 g/mol. The van der Waals surface area contributed by atoms with E-state index in [9.17, 15) is 9.90 Å². The minimum Gasteiger partial charge on any atom is -0.506 e. The van der Waals surface area contributed by atoms with Gasteiger partial charge in [0.25, 0.3) is 0 Å². The van der Waals surface area contributed by atoms with Gasteiger partial charge in [-0.1, -0.05) is 6.07 Å². The second-order valence-electron chi connectivity index (χ2n) is 4.30. The molecule has 3 nitrogen and oxygen atoms in total. The highest BCUT2D eigenvalue weighted by molar-refractivity contribution is 7.10. The monoisotopic (exact) mass is 284 g/mol. The Morgan fingerprint density at radius 2 is 2.25 bits per heavy atom. The molecule has 1 aliphatic heterocycles. The van der Waals surface area contributed by atoms with E-state index in [1.807, 2.05) is 17.5 Å². The molecule has 0 saturated carbocycles. The van der Waals surface area contributed by atoms with Crippen LogP contribution in [0.2, 0.25) is 0 Å². The Labute approximate surface area is 120 Å². The van der Waals surface area contributed by atoms with Gasteiger partial charge in [-0.2, -0.15) is 0 Å². The van der Waals surface area contributed by atoms with Crippen LogP contribution in [0.3, 0.4) is 0 Å². The molecular formula is C16H12O3S. The van der Waals surface area contributed by atoms with E-state index in [4.69, 9.17) is 4.74 Å². The summed E-state index contributed by atoms with van der Waals surface area (Å²) in [5.41, 5.74) is 0.846. The van der Waals surface area contributed by atoms with Crippen molar-refractivity contribution in [2.24, 2.45) is 0 Å². The van der Waals surface area contributed by atoms with Crippen LogP contribution in [0.4, 0.5) is 0 Å². The zero-order chi connectivity index (χ0) is 13.9. The summed E-state index contributed by atoms with van der Waals surface area (Å²) in [5.74, 6) is 0.348. The van der Waals surface area contributed by atoms with Crippen molar-refractivity contribution in [2.45, 2.75) is 0 Å². The lowest BCUT2D eigenvalue weighted by atomic mass is 10.0. The number of carbonyl (C=O) groups excluding carboxylic acids is 1. The third-order valence-corrected chi connectivity index (χ3v) is 3.84. The van der Waals surface area contributed by atoms with Crippen LogP contribution in [0.15, 0.2) is 41.8 Å². The number of thiophene rings is 1. The Balaban J connectivity index is 1.91. The minimum absolute atomic E-state index is 0.0284. The first kappa shape index (κ1) is 12.7. The van der Waals surface area contributed by atoms with Gasteiger partial charge in [0.1, 0.15) is 18.1 Å². The van der Waals surface area contributed by atoms with Crippen molar-refractivity contribution in [3.8, 4) is 11.5 Å². The Hall–Kier alpha value is -2.33. The molecule has 1 aromatic heterocycles. The zero-order valence-corrected chi connectivity index (χ0v) is 11.4. The van der Waals surface area contributed by atoms with Crippen LogP contribution in [0.25, 0.3) is 12.2 Å². The molecule has 1 N–H and O–H groups in total. The van der Waals surface area contributed by atoms with E-state index in [0.29, 0.717) is 17.9 Å². The molecule has 0 radical (unpaired) electrons. The van der Waals surface area contributed by atoms with Gasteiger partial charge in [-0.3, -0.25) is 4.79 Å². The minimum atomic E-state index is -0.224. The molecule has 20 heavy (non-hydrogen) atoms. The molecule has 0 spiro atoms. The highest BCUT2D eigenvalue weighted by Gasteiger charge is 2.17.